The number of anilines is 2. The van der Waals surface area contributed by atoms with E-state index in [0.29, 0.717) is 34.5 Å². The van der Waals surface area contributed by atoms with Crippen molar-refractivity contribution in [1.29, 1.82) is 0 Å². The number of carbonyl (C=O) groups excluding carboxylic acids is 2. The minimum atomic E-state index is -0.726. The number of hydrogen-bond acceptors (Lipinski definition) is 8. The van der Waals surface area contributed by atoms with E-state index in [2.05, 4.69) is 44.5 Å². The fraction of sp³-hybridized carbons (Fsp3) is 0.240. The molecule has 0 bridgehead atoms. The van der Waals surface area contributed by atoms with Crippen LogP contribution in [-0.2, 0) is 14.9 Å². The lowest BCUT2D eigenvalue weighted by atomic mass is 9.84. The number of hydrogen-bond donors (Lipinski definition) is 2. The normalized spacial score (nSPS) is 11.2. The summed E-state index contributed by atoms with van der Waals surface area (Å²) in [5.41, 5.74) is 2.45. The first-order valence-electron chi connectivity index (χ1n) is 11.0. The monoisotopic (exact) mass is 492 g/mol. The van der Waals surface area contributed by atoms with E-state index in [1.54, 1.807) is 42.5 Å². The zero-order chi connectivity index (χ0) is 25.9. The molecule has 1 amide bonds. The number of ether oxygens (including phenoxy) is 2. The van der Waals surface area contributed by atoms with Crippen LogP contribution in [0.3, 0.4) is 0 Å². The average molecular weight is 493 g/mol. The summed E-state index contributed by atoms with van der Waals surface area (Å²) < 4.78 is 23.7. The third-order valence-electron chi connectivity index (χ3n) is 5.73. The molecule has 36 heavy (non-hydrogen) atoms. The number of rotatable bonds is 6. The Morgan fingerprint density at radius 1 is 1.00 bits per heavy atom. The van der Waals surface area contributed by atoms with Crippen LogP contribution in [0.25, 0.3) is 22.2 Å². The molecule has 4 rings (SSSR count). The summed E-state index contributed by atoms with van der Waals surface area (Å²) in [6.07, 6.45) is -1.43. The van der Waals surface area contributed by atoms with Gasteiger partial charge in [0, 0.05) is 22.9 Å². The number of nitrogens with zero attached hydrogens (tertiary/aromatic N) is 4. The highest BCUT2D eigenvalue weighted by molar-refractivity contribution is 6.01. The van der Waals surface area contributed by atoms with Crippen molar-refractivity contribution in [2.24, 2.45) is 0 Å². The first-order chi connectivity index (χ1) is 17.2. The smallest absolute Gasteiger partial charge is 0.435 e. The molecule has 0 unspecified atom stereocenters. The predicted octanol–water partition coefficient (Wildman–Crippen LogP) is 4.81. The molecule has 0 atom stereocenters. The lowest BCUT2D eigenvalue weighted by Gasteiger charge is -2.25. The largest absolute Gasteiger partial charge is 0.453 e. The summed E-state index contributed by atoms with van der Waals surface area (Å²) in [6.45, 7) is 4.67. The molecule has 0 radical (unpaired) electrons. The molecular weight excluding hydrogens is 467 g/mol. The number of halogens is 1. The third kappa shape index (κ3) is 5.09. The van der Waals surface area contributed by atoms with E-state index in [-0.39, 0.29) is 17.1 Å². The summed E-state index contributed by atoms with van der Waals surface area (Å²) in [5, 5.41) is 19.0. The van der Waals surface area contributed by atoms with Gasteiger partial charge in [0.1, 0.15) is 11.6 Å². The molecular formula is C25H25FN6O4. The first-order valence-corrected chi connectivity index (χ1v) is 11.0. The molecule has 2 aromatic heterocycles. The van der Waals surface area contributed by atoms with Crippen LogP contribution in [-0.4, -0.2) is 52.9 Å². The first kappa shape index (κ1) is 24.6. The minimum Gasteiger partial charge on any atom is -0.453 e. The summed E-state index contributed by atoms with van der Waals surface area (Å²) in [6, 6.07) is 15.2. The van der Waals surface area contributed by atoms with Crippen molar-refractivity contribution in [2.45, 2.75) is 19.3 Å². The van der Waals surface area contributed by atoms with Gasteiger partial charge in [0.2, 0.25) is 0 Å². The Kier molecular flexibility index (Phi) is 6.82. The van der Waals surface area contributed by atoms with Crippen LogP contribution < -0.4 is 10.6 Å². The quantitative estimate of drug-likeness (QED) is 0.393. The van der Waals surface area contributed by atoms with Gasteiger partial charge in [-0.3, -0.25) is 5.32 Å². The zero-order valence-corrected chi connectivity index (χ0v) is 20.2. The molecule has 10 nitrogen and oxygen atoms in total. The molecule has 11 heteroatoms. The number of benzene rings is 2. The van der Waals surface area contributed by atoms with Crippen LogP contribution >= 0.6 is 0 Å². The number of nitrogens with one attached hydrogen (secondary N) is 2. The minimum absolute atomic E-state index is 0.137. The fourth-order valence-electron chi connectivity index (χ4n) is 3.64. The Morgan fingerprint density at radius 3 is 2.39 bits per heavy atom. The van der Waals surface area contributed by atoms with Crippen LogP contribution in [0.15, 0.2) is 54.6 Å². The van der Waals surface area contributed by atoms with Gasteiger partial charge in [-0.2, -0.15) is 4.68 Å². The molecule has 0 aliphatic carbocycles. The van der Waals surface area contributed by atoms with E-state index in [1.807, 2.05) is 0 Å². The van der Waals surface area contributed by atoms with Crippen molar-refractivity contribution in [2.75, 3.05) is 31.4 Å². The summed E-state index contributed by atoms with van der Waals surface area (Å²) >= 11 is 0. The fourth-order valence-corrected chi connectivity index (χ4v) is 3.64. The number of aromatic nitrogens is 4. The van der Waals surface area contributed by atoms with Gasteiger partial charge in [-0.25, -0.2) is 14.0 Å². The second-order valence-electron chi connectivity index (χ2n) is 8.63. The molecule has 2 N–H and O–H groups in total. The number of methoxy groups -OCH3 is 2. The maximum atomic E-state index is 13.3. The Bertz CT molecular complexity index is 1400. The molecule has 0 aliphatic heterocycles. The molecule has 0 fully saturated rings. The third-order valence-corrected chi connectivity index (χ3v) is 5.73. The van der Waals surface area contributed by atoms with Crippen LogP contribution in [0.4, 0.5) is 25.6 Å². The van der Waals surface area contributed by atoms with E-state index in [9.17, 15) is 14.0 Å². The molecule has 0 saturated heterocycles. The van der Waals surface area contributed by atoms with Crippen molar-refractivity contribution in [3.05, 3.63) is 66.0 Å². The second kappa shape index (κ2) is 9.98. The van der Waals surface area contributed by atoms with Crippen LogP contribution in [0.5, 0.6) is 0 Å². The van der Waals surface area contributed by atoms with Gasteiger partial charge in [0.05, 0.1) is 25.4 Å². The van der Waals surface area contributed by atoms with Gasteiger partial charge in [-0.1, -0.05) is 32.0 Å². The Morgan fingerprint density at radius 2 is 1.75 bits per heavy atom. The van der Waals surface area contributed by atoms with Crippen molar-refractivity contribution in [3.63, 3.8) is 0 Å². The SMILES string of the molecule is COC(=O)Nc1nn(C(=O)OC)c2ccc(-c3ccc(NCC(C)(C)c4ccc(F)cc4)nn3)cc12. The molecule has 0 spiro atoms. The highest BCUT2D eigenvalue weighted by Gasteiger charge is 2.21. The second-order valence-corrected chi connectivity index (χ2v) is 8.63. The maximum absolute atomic E-state index is 13.3. The Labute approximate surface area is 206 Å². The molecule has 0 saturated carbocycles. The average Bonchev–Trinajstić information content (AvgIpc) is 3.25. The van der Waals surface area contributed by atoms with Crippen molar-refractivity contribution in [3.8, 4) is 11.3 Å². The topological polar surface area (TPSA) is 120 Å². The van der Waals surface area contributed by atoms with Gasteiger partial charge < -0.3 is 14.8 Å². The van der Waals surface area contributed by atoms with E-state index >= 15 is 0 Å². The molecule has 2 aromatic carbocycles. The van der Waals surface area contributed by atoms with Gasteiger partial charge >= 0.3 is 12.2 Å². The lowest BCUT2D eigenvalue weighted by molar-refractivity contribution is 0.170. The Balaban J connectivity index is 1.56. The number of carbonyl (C=O) groups is 2. The summed E-state index contributed by atoms with van der Waals surface area (Å²) in [5.74, 6) is 0.452. The van der Waals surface area contributed by atoms with E-state index in [0.717, 1.165) is 10.2 Å². The van der Waals surface area contributed by atoms with Crippen molar-refractivity contribution < 1.29 is 23.5 Å². The highest BCUT2D eigenvalue weighted by Crippen LogP contribution is 2.29. The number of fused-ring (bicyclic) bond motifs is 1. The molecule has 2 heterocycles. The van der Waals surface area contributed by atoms with Crippen LogP contribution in [0.2, 0.25) is 0 Å². The Hall–Kier alpha value is -4.54. The summed E-state index contributed by atoms with van der Waals surface area (Å²) in [7, 11) is 2.47. The molecule has 4 aromatic rings. The van der Waals surface area contributed by atoms with E-state index < -0.39 is 12.2 Å². The standard InChI is InChI=1S/C25H25FN6O4/c1-25(2,16-6-8-17(26)9-7-16)14-27-21-12-10-19(29-30-21)15-5-11-20-18(13-15)22(28-23(33)35-3)31-32(20)24(34)36-4/h5-13H,14H2,1-4H3,(H,27,30)(H,28,31,33). The van der Waals surface area contributed by atoms with Crippen molar-refractivity contribution in [1.82, 2.24) is 20.0 Å². The van der Waals surface area contributed by atoms with Gasteiger partial charge in [0.15, 0.2) is 5.82 Å². The summed E-state index contributed by atoms with van der Waals surface area (Å²) in [4.78, 5) is 23.9. The van der Waals surface area contributed by atoms with E-state index in [1.165, 1.54) is 26.4 Å². The van der Waals surface area contributed by atoms with Gasteiger partial charge in [0.25, 0.3) is 0 Å². The van der Waals surface area contributed by atoms with Crippen LogP contribution in [0, 0.1) is 5.82 Å². The van der Waals surface area contributed by atoms with Crippen molar-refractivity contribution >= 4 is 34.7 Å². The van der Waals surface area contributed by atoms with Gasteiger partial charge in [-0.15, -0.1) is 15.3 Å². The molecule has 0 aliphatic rings. The predicted molar refractivity (Wildman–Crippen MR) is 133 cm³/mol. The van der Waals surface area contributed by atoms with Gasteiger partial charge in [-0.05, 0) is 42.0 Å². The zero-order valence-electron chi connectivity index (χ0n) is 20.2. The highest BCUT2D eigenvalue weighted by atomic mass is 19.1. The number of amides is 1. The maximum Gasteiger partial charge on any atom is 0.435 e. The van der Waals surface area contributed by atoms with E-state index in [4.69, 9.17) is 4.74 Å². The molecule has 186 valence electrons. The van der Waals surface area contributed by atoms with Crippen LogP contribution in [0.1, 0.15) is 19.4 Å². The lowest BCUT2D eigenvalue weighted by Crippen LogP contribution is -2.28.